The maximum absolute atomic E-state index is 14.2. The van der Waals surface area contributed by atoms with E-state index in [2.05, 4.69) is 15.6 Å². The highest BCUT2D eigenvalue weighted by Crippen LogP contribution is 2.47. The zero-order valence-electron chi connectivity index (χ0n) is 26.7. The third kappa shape index (κ3) is 7.31. The first-order valence-corrected chi connectivity index (χ1v) is 18.7. The maximum atomic E-state index is 14.2. The molecule has 7 rings (SSSR count). The fourth-order valence-corrected chi connectivity index (χ4v) is 9.72. The standard InChI is InChI=1S/C33H40F2N4O7S2/c1-17(2)14-39(48(42,43)23-5-6-26-30(13-23)47-32(37-26)36-21-3-4-21)15-28(40)27(9-18-7-19(34)10-20(35)8-18)38-33(41)46-29-12-22-11-24-25(29)16-44-31(24)45-22/h5-8,10,13,17,21-22,24-25,27-29,31,40H,3-4,9,11-12,14-16H2,1-2H3,(H,36,37)(H,38,41)/t22-,24+,25?,27+,28-,29?,31+/m1/s1. The fraction of sp³-hybridized carbons (Fsp3) is 0.576. The lowest BCUT2D eigenvalue weighted by Gasteiger charge is -2.33. The maximum Gasteiger partial charge on any atom is 0.407 e. The number of nitrogens with zero attached hydrogens (tertiary/aromatic N) is 2. The first kappa shape index (κ1) is 33.5. The lowest BCUT2D eigenvalue weighted by Crippen LogP contribution is -2.52. The molecule has 0 radical (unpaired) electrons. The lowest BCUT2D eigenvalue weighted by molar-refractivity contribution is -0.130. The van der Waals surface area contributed by atoms with Gasteiger partial charge >= 0.3 is 6.09 Å². The molecule has 3 N–H and O–H groups in total. The van der Waals surface area contributed by atoms with Gasteiger partial charge in [-0.25, -0.2) is 27.0 Å². The second-order valence-electron chi connectivity index (χ2n) is 13.8. The number of aliphatic hydroxyl groups excluding tert-OH is 1. The van der Waals surface area contributed by atoms with Gasteiger partial charge in [-0.2, -0.15) is 4.31 Å². The minimum Gasteiger partial charge on any atom is -0.446 e. The van der Waals surface area contributed by atoms with E-state index in [1.165, 1.54) is 21.7 Å². The van der Waals surface area contributed by atoms with Crippen LogP contribution in [0.4, 0.5) is 18.7 Å². The van der Waals surface area contributed by atoms with Crippen LogP contribution in [0.5, 0.6) is 0 Å². The van der Waals surface area contributed by atoms with Crippen molar-refractivity contribution in [3.8, 4) is 0 Å². The van der Waals surface area contributed by atoms with Crippen molar-refractivity contribution in [2.75, 3.05) is 25.0 Å². The summed E-state index contributed by atoms with van der Waals surface area (Å²) in [6.45, 7) is 3.81. The van der Waals surface area contributed by atoms with E-state index >= 15 is 0 Å². The van der Waals surface area contributed by atoms with Crippen LogP contribution in [0.3, 0.4) is 0 Å². The fourth-order valence-electron chi connectivity index (χ4n) is 7.02. The molecule has 11 nitrogen and oxygen atoms in total. The molecule has 1 aromatic heterocycles. The van der Waals surface area contributed by atoms with E-state index in [1.54, 1.807) is 12.1 Å². The van der Waals surface area contributed by atoms with E-state index in [-0.39, 0.29) is 53.6 Å². The first-order valence-electron chi connectivity index (χ1n) is 16.5. The summed E-state index contributed by atoms with van der Waals surface area (Å²) in [5.41, 5.74) is 0.859. The molecular formula is C33H40F2N4O7S2. The minimum absolute atomic E-state index is 0.0247. The van der Waals surface area contributed by atoms with Gasteiger partial charge in [0.2, 0.25) is 10.0 Å². The predicted molar refractivity (Wildman–Crippen MR) is 174 cm³/mol. The average Bonchev–Trinajstić information content (AvgIpc) is 3.42. The Labute approximate surface area is 282 Å². The second-order valence-corrected chi connectivity index (χ2v) is 16.8. The first-order chi connectivity index (χ1) is 22.9. The van der Waals surface area contributed by atoms with Crippen LogP contribution < -0.4 is 10.6 Å². The normalized spacial score (nSPS) is 26.3. The quantitative estimate of drug-likeness (QED) is 0.232. The van der Waals surface area contributed by atoms with Crippen LogP contribution in [0.15, 0.2) is 41.3 Å². The van der Waals surface area contributed by atoms with Gasteiger partial charge in [-0.3, -0.25) is 0 Å². The molecule has 3 heterocycles. The van der Waals surface area contributed by atoms with Crippen molar-refractivity contribution >= 4 is 42.8 Å². The summed E-state index contributed by atoms with van der Waals surface area (Å²) in [5.74, 6) is -1.62. The Kier molecular flexibility index (Phi) is 9.36. The molecule has 260 valence electrons. The molecule has 3 aromatic rings. The number of alkyl carbamates (subject to hydrolysis) is 1. The molecule has 2 aliphatic heterocycles. The van der Waals surface area contributed by atoms with Crippen LogP contribution in [-0.4, -0.2) is 85.3 Å². The Morgan fingerprint density at radius 2 is 1.90 bits per heavy atom. The van der Waals surface area contributed by atoms with Gasteiger partial charge in [0, 0.05) is 43.5 Å². The van der Waals surface area contributed by atoms with Crippen molar-refractivity contribution in [2.45, 2.75) is 87.5 Å². The monoisotopic (exact) mass is 706 g/mol. The predicted octanol–water partition coefficient (Wildman–Crippen LogP) is 4.64. The molecule has 2 saturated carbocycles. The number of rotatable bonds is 13. The second kappa shape index (κ2) is 13.4. The van der Waals surface area contributed by atoms with Gasteiger partial charge in [-0.05, 0) is 67.5 Å². The third-order valence-electron chi connectivity index (χ3n) is 9.45. The Hall–Kier alpha value is -2.95. The van der Waals surface area contributed by atoms with Crippen molar-refractivity contribution in [1.29, 1.82) is 0 Å². The Balaban J connectivity index is 1.11. The molecule has 48 heavy (non-hydrogen) atoms. The van der Waals surface area contributed by atoms with Gasteiger partial charge in [-0.15, -0.1) is 0 Å². The largest absolute Gasteiger partial charge is 0.446 e. The number of benzene rings is 2. The summed E-state index contributed by atoms with van der Waals surface area (Å²) in [4.78, 5) is 17.9. The molecule has 1 amide bonds. The van der Waals surface area contributed by atoms with E-state index in [0.29, 0.717) is 29.3 Å². The number of carbonyl (C=O) groups is 1. The minimum atomic E-state index is -4.13. The van der Waals surface area contributed by atoms with E-state index in [4.69, 9.17) is 14.2 Å². The highest BCUT2D eigenvalue weighted by molar-refractivity contribution is 7.89. The number of hydrogen-bond donors (Lipinski definition) is 3. The Morgan fingerprint density at radius 1 is 1.12 bits per heavy atom. The Morgan fingerprint density at radius 3 is 2.62 bits per heavy atom. The average molecular weight is 707 g/mol. The van der Waals surface area contributed by atoms with Crippen molar-refractivity contribution in [3.05, 3.63) is 53.6 Å². The topological polar surface area (TPSA) is 139 Å². The van der Waals surface area contributed by atoms with Crippen LogP contribution in [0, 0.1) is 29.4 Å². The number of halogens is 2. The Bertz CT molecular complexity index is 1750. The van der Waals surface area contributed by atoms with Crippen LogP contribution in [0.2, 0.25) is 0 Å². The smallest absolute Gasteiger partial charge is 0.407 e. The number of nitrogens with one attached hydrogen (secondary N) is 2. The SMILES string of the molecule is CC(C)CN(C[C@@H](O)[C@H](Cc1cc(F)cc(F)c1)NC(=O)OC1C[C@H]2C[C@H]3C1CO[C@H]3O2)S(=O)(=O)c1ccc2nc(NC3CC3)sc2c1. The number of aliphatic hydroxyl groups is 1. The van der Waals surface area contributed by atoms with Gasteiger partial charge in [0.1, 0.15) is 17.7 Å². The zero-order valence-corrected chi connectivity index (χ0v) is 28.3. The summed E-state index contributed by atoms with van der Waals surface area (Å²) < 4.78 is 75.8. The van der Waals surface area contributed by atoms with Crippen LogP contribution in [-0.2, 0) is 30.7 Å². The van der Waals surface area contributed by atoms with E-state index in [0.717, 1.165) is 42.6 Å². The van der Waals surface area contributed by atoms with Crippen molar-refractivity contribution < 1.29 is 41.3 Å². The van der Waals surface area contributed by atoms with Crippen LogP contribution in [0.25, 0.3) is 10.2 Å². The van der Waals surface area contributed by atoms with Gasteiger partial charge in [0.05, 0.1) is 40.0 Å². The van der Waals surface area contributed by atoms with E-state index in [9.17, 15) is 27.1 Å². The molecule has 4 aliphatic rings. The number of hydrogen-bond acceptors (Lipinski definition) is 10. The summed E-state index contributed by atoms with van der Waals surface area (Å²) in [7, 11) is -4.13. The van der Waals surface area contributed by atoms with E-state index < -0.39 is 52.5 Å². The highest BCUT2D eigenvalue weighted by Gasteiger charge is 2.54. The van der Waals surface area contributed by atoms with Crippen molar-refractivity contribution in [3.63, 3.8) is 0 Å². The number of aromatic nitrogens is 1. The van der Waals surface area contributed by atoms with E-state index in [1.807, 2.05) is 13.8 Å². The summed E-state index contributed by atoms with van der Waals surface area (Å²) in [5, 5.41) is 18.4. The zero-order chi connectivity index (χ0) is 33.7. The molecule has 2 aromatic carbocycles. The number of amides is 1. The molecule has 2 unspecified atom stereocenters. The molecular weight excluding hydrogens is 667 g/mol. The summed E-state index contributed by atoms with van der Waals surface area (Å²) in [6.07, 6.45) is 0.206. The van der Waals surface area contributed by atoms with Crippen LogP contribution in [0.1, 0.15) is 45.1 Å². The molecule has 15 heteroatoms. The van der Waals surface area contributed by atoms with Crippen LogP contribution >= 0.6 is 11.3 Å². The van der Waals surface area contributed by atoms with Crippen molar-refractivity contribution in [1.82, 2.24) is 14.6 Å². The highest BCUT2D eigenvalue weighted by atomic mass is 32.2. The molecule has 2 saturated heterocycles. The molecule has 4 fully saturated rings. The summed E-state index contributed by atoms with van der Waals surface area (Å²) >= 11 is 1.38. The van der Waals surface area contributed by atoms with Crippen molar-refractivity contribution in [2.24, 2.45) is 17.8 Å². The molecule has 2 bridgehead atoms. The number of sulfonamides is 1. The van der Waals surface area contributed by atoms with Gasteiger partial charge in [0.15, 0.2) is 11.4 Å². The molecule has 0 spiro atoms. The number of ether oxygens (including phenoxy) is 3. The lowest BCUT2D eigenvalue weighted by atomic mass is 9.79. The molecule has 7 atom stereocenters. The van der Waals surface area contributed by atoms with Gasteiger partial charge in [-0.1, -0.05) is 25.2 Å². The molecule has 2 aliphatic carbocycles. The number of anilines is 1. The number of carbonyl (C=O) groups excluding carboxylic acids is 1. The third-order valence-corrected chi connectivity index (χ3v) is 12.2. The van der Waals surface area contributed by atoms with Gasteiger partial charge < -0.3 is 30.0 Å². The number of fused-ring (bicyclic) bond motifs is 2. The number of thiazole rings is 1. The van der Waals surface area contributed by atoms with Gasteiger partial charge in [0.25, 0.3) is 0 Å². The summed E-state index contributed by atoms with van der Waals surface area (Å²) in [6, 6.07) is 6.96.